The van der Waals surface area contributed by atoms with Gasteiger partial charge in [0, 0.05) is 0 Å². The second-order valence-corrected chi connectivity index (χ2v) is 4.37. The van der Waals surface area contributed by atoms with E-state index in [9.17, 15) is 4.79 Å². The number of hydrogen-bond donors (Lipinski definition) is 0. The number of methoxy groups -OCH3 is 1. The van der Waals surface area contributed by atoms with E-state index in [1.54, 1.807) is 4.68 Å². The maximum Gasteiger partial charge on any atom is 0.315 e. The summed E-state index contributed by atoms with van der Waals surface area (Å²) in [6, 6.07) is 9.57. The lowest BCUT2D eigenvalue weighted by molar-refractivity contribution is -0.142. The highest BCUT2D eigenvalue weighted by molar-refractivity contribution is 5.77. The highest BCUT2D eigenvalue weighted by Gasteiger charge is 2.23. The number of esters is 1. The fraction of sp³-hybridized carbons (Fsp3) is 0.357. The predicted molar refractivity (Wildman–Crippen MR) is 70.7 cm³/mol. The van der Waals surface area contributed by atoms with Gasteiger partial charge in [-0.05, 0) is 19.4 Å². The lowest BCUT2D eigenvalue weighted by Gasteiger charge is -2.15. The molecule has 0 aliphatic rings. The summed E-state index contributed by atoms with van der Waals surface area (Å²) < 4.78 is 6.63. The molecule has 0 bridgehead atoms. The van der Waals surface area contributed by atoms with Crippen molar-refractivity contribution in [3.05, 3.63) is 47.5 Å². The highest BCUT2D eigenvalue weighted by Crippen LogP contribution is 2.19. The molecule has 0 saturated heterocycles. The normalized spacial score (nSPS) is 12.2. The SMILES string of the molecule is COC(=O)C(Cn1nc(C)nc1C)c1ccccc1. The van der Waals surface area contributed by atoms with Crippen LogP contribution in [0.25, 0.3) is 0 Å². The van der Waals surface area contributed by atoms with E-state index < -0.39 is 0 Å². The third kappa shape index (κ3) is 2.99. The quantitative estimate of drug-likeness (QED) is 0.786. The number of hydrogen-bond acceptors (Lipinski definition) is 4. The van der Waals surface area contributed by atoms with Crippen molar-refractivity contribution in [1.82, 2.24) is 14.8 Å². The summed E-state index contributed by atoms with van der Waals surface area (Å²) >= 11 is 0. The van der Waals surface area contributed by atoms with E-state index in [-0.39, 0.29) is 11.9 Å². The molecule has 1 atom stereocenters. The van der Waals surface area contributed by atoms with Crippen LogP contribution in [-0.2, 0) is 16.1 Å². The minimum atomic E-state index is -0.369. The Labute approximate surface area is 112 Å². The zero-order chi connectivity index (χ0) is 13.8. The molecule has 0 aliphatic carbocycles. The average molecular weight is 259 g/mol. The molecule has 1 aromatic heterocycles. The molecular weight excluding hydrogens is 242 g/mol. The Kier molecular flexibility index (Phi) is 3.94. The number of benzene rings is 1. The number of nitrogens with zero attached hydrogens (tertiary/aromatic N) is 3. The topological polar surface area (TPSA) is 57.0 Å². The van der Waals surface area contributed by atoms with Gasteiger partial charge in [0.2, 0.25) is 0 Å². The molecule has 5 heteroatoms. The van der Waals surface area contributed by atoms with E-state index in [2.05, 4.69) is 10.1 Å². The van der Waals surface area contributed by atoms with E-state index in [1.807, 2.05) is 44.2 Å². The molecule has 0 aliphatic heterocycles. The number of ether oxygens (including phenoxy) is 1. The molecule has 100 valence electrons. The second kappa shape index (κ2) is 5.65. The summed E-state index contributed by atoms with van der Waals surface area (Å²) in [5.74, 6) is 0.862. The first-order valence-corrected chi connectivity index (χ1v) is 6.12. The van der Waals surface area contributed by atoms with Crippen molar-refractivity contribution in [1.29, 1.82) is 0 Å². The van der Waals surface area contributed by atoms with Gasteiger partial charge in [-0.3, -0.25) is 4.79 Å². The zero-order valence-electron chi connectivity index (χ0n) is 11.3. The highest BCUT2D eigenvalue weighted by atomic mass is 16.5. The number of aryl methyl sites for hydroxylation is 2. The number of aromatic nitrogens is 3. The van der Waals surface area contributed by atoms with Crippen molar-refractivity contribution >= 4 is 5.97 Å². The van der Waals surface area contributed by atoms with Gasteiger partial charge in [0.15, 0.2) is 0 Å². The number of carbonyl (C=O) groups excluding carboxylic acids is 1. The summed E-state index contributed by atoms with van der Waals surface area (Å²) in [7, 11) is 1.40. The Morgan fingerprint density at radius 3 is 2.53 bits per heavy atom. The molecule has 0 spiro atoms. The Morgan fingerprint density at radius 1 is 1.32 bits per heavy atom. The fourth-order valence-corrected chi connectivity index (χ4v) is 2.05. The van der Waals surface area contributed by atoms with Crippen LogP contribution < -0.4 is 0 Å². The van der Waals surface area contributed by atoms with Crippen LogP contribution in [0.5, 0.6) is 0 Å². The Hall–Kier alpha value is -2.17. The molecule has 1 heterocycles. The van der Waals surface area contributed by atoms with Gasteiger partial charge in [0.25, 0.3) is 0 Å². The van der Waals surface area contributed by atoms with Crippen LogP contribution in [0.1, 0.15) is 23.1 Å². The van der Waals surface area contributed by atoms with Crippen molar-refractivity contribution in [2.75, 3.05) is 7.11 Å². The minimum absolute atomic E-state index is 0.265. The van der Waals surface area contributed by atoms with E-state index in [0.29, 0.717) is 12.4 Å². The van der Waals surface area contributed by atoms with Crippen LogP contribution in [0.15, 0.2) is 30.3 Å². The first kappa shape index (κ1) is 13.3. The van der Waals surface area contributed by atoms with E-state index >= 15 is 0 Å². The van der Waals surface area contributed by atoms with Crippen LogP contribution in [0, 0.1) is 13.8 Å². The van der Waals surface area contributed by atoms with Gasteiger partial charge in [-0.2, -0.15) is 5.10 Å². The lowest BCUT2D eigenvalue weighted by Crippen LogP contribution is -2.21. The van der Waals surface area contributed by atoms with Gasteiger partial charge in [-0.15, -0.1) is 0 Å². The summed E-state index contributed by atoms with van der Waals surface area (Å²) in [6.45, 7) is 4.14. The Balaban J connectivity index is 2.29. The van der Waals surface area contributed by atoms with Gasteiger partial charge in [0.1, 0.15) is 17.6 Å². The number of carbonyl (C=O) groups is 1. The first-order valence-electron chi connectivity index (χ1n) is 6.12. The van der Waals surface area contributed by atoms with Gasteiger partial charge in [-0.25, -0.2) is 9.67 Å². The lowest BCUT2D eigenvalue weighted by atomic mass is 9.99. The molecule has 2 rings (SSSR count). The maximum absolute atomic E-state index is 12.0. The van der Waals surface area contributed by atoms with Crippen molar-refractivity contribution < 1.29 is 9.53 Å². The number of rotatable bonds is 4. The molecule has 5 nitrogen and oxygen atoms in total. The summed E-state index contributed by atoms with van der Waals surface area (Å²) in [5, 5.41) is 4.29. The summed E-state index contributed by atoms with van der Waals surface area (Å²) in [5.41, 5.74) is 0.918. The Morgan fingerprint density at radius 2 is 2.00 bits per heavy atom. The van der Waals surface area contributed by atoms with E-state index in [1.165, 1.54) is 7.11 Å². The van der Waals surface area contributed by atoms with Crippen molar-refractivity contribution in [2.45, 2.75) is 26.3 Å². The molecule has 1 aromatic carbocycles. The van der Waals surface area contributed by atoms with Crippen LogP contribution in [0.4, 0.5) is 0 Å². The fourth-order valence-electron chi connectivity index (χ4n) is 2.05. The average Bonchev–Trinajstić information content (AvgIpc) is 2.74. The van der Waals surface area contributed by atoms with Gasteiger partial charge >= 0.3 is 5.97 Å². The molecule has 0 amide bonds. The van der Waals surface area contributed by atoms with Crippen molar-refractivity contribution in [2.24, 2.45) is 0 Å². The monoisotopic (exact) mass is 259 g/mol. The van der Waals surface area contributed by atoms with Gasteiger partial charge in [-0.1, -0.05) is 30.3 Å². The molecule has 0 N–H and O–H groups in total. The molecule has 0 saturated carbocycles. The van der Waals surface area contributed by atoms with Gasteiger partial charge < -0.3 is 4.74 Å². The minimum Gasteiger partial charge on any atom is -0.468 e. The second-order valence-electron chi connectivity index (χ2n) is 4.37. The standard InChI is InChI=1S/C14H17N3O2/c1-10-15-11(2)17(16-10)9-13(14(18)19-3)12-7-5-4-6-8-12/h4-8,13H,9H2,1-3H3. The van der Waals surface area contributed by atoms with E-state index in [0.717, 1.165) is 11.4 Å². The zero-order valence-corrected chi connectivity index (χ0v) is 11.3. The summed E-state index contributed by atoms with van der Waals surface area (Å²) in [6.07, 6.45) is 0. The predicted octanol–water partition coefficient (Wildman–Crippen LogP) is 1.85. The molecule has 2 aromatic rings. The van der Waals surface area contributed by atoms with Gasteiger partial charge in [0.05, 0.1) is 13.7 Å². The first-order chi connectivity index (χ1) is 9.11. The van der Waals surface area contributed by atoms with Crippen LogP contribution in [-0.4, -0.2) is 27.8 Å². The molecule has 1 unspecified atom stereocenters. The largest absolute Gasteiger partial charge is 0.468 e. The molecule has 0 fully saturated rings. The molecular formula is C14H17N3O2. The third-order valence-corrected chi connectivity index (χ3v) is 3.01. The van der Waals surface area contributed by atoms with Crippen molar-refractivity contribution in [3.63, 3.8) is 0 Å². The van der Waals surface area contributed by atoms with Crippen LogP contribution in [0.2, 0.25) is 0 Å². The Bertz CT molecular complexity index is 563. The molecule has 0 radical (unpaired) electrons. The summed E-state index contributed by atoms with van der Waals surface area (Å²) in [4.78, 5) is 16.2. The van der Waals surface area contributed by atoms with Crippen LogP contribution in [0.3, 0.4) is 0 Å². The maximum atomic E-state index is 12.0. The van der Waals surface area contributed by atoms with E-state index in [4.69, 9.17) is 4.74 Å². The smallest absolute Gasteiger partial charge is 0.315 e. The molecule has 19 heavy (non-hydrogen) atoms. The van der Waals surface area contributed by atoms with Crippen molar-refractivity contribution in [3.8, 4) is 0 Å². The third-order valence-electron chi connectivity index (χ3n) is 3.01. The van der Waals surface area contributed by atoms with Crippen LogP contribution >= 0.6 is 0 Å².